The summed E-state index contributed by atoms with van der Waals surface area (Å²) in [7, 11) is 1.56. The Kier molecular flexibility index (Phi) is 2.35. The van der Waals surface area contributed by atoms with E-state index in [2.05, 4.69) is 0 Å². The van der Waals surface area contributed by atoms with Gasteiger partial charge in [-0.2, -0.15) is 0 Å². The summed E-state index contributed by atoms with van der Waals surface area (Å²) in [4.78, 5) is 34.2. The van der Waals surface area contributed by atoms with Crippen LogP contribution < -0.4 is 5.76 Å². The quantitative estimate of drug-likeness (QED) is 0.833. The van der Waals surface area contributed by atoms with Gasteiger partial charge in [-0.25, -0.2) is 4.79 Å². The molecule has 1 aliphatic rings. The molecule has 98 valence electrons. The van der Waals surface area contributed by atoms with Crippen molar-refractivity contribution in [2.45, 2.75) is 6.42 Å². The van der Waals surface area contributed by atoms with Crippen molar-refractivity contribution < 1.29 is 19.1 Å². The monoisotopic (exact) mass is 261 g/mol. The smallest absolute Gasteiger partial charge is 0.419 e. The maximum absolute atomic E-state index is 12.1. The number of carboxylic acids is 1. The molecule has 2 aromatic rings. The minimum Gasteiger partial charge on any atom is -0.481 e. The summed E-state index contributed by atoms with van der Waals surface area (Å²) >= 11 is 0. The zero-order valence-electron chi connectivity index (χ0n) is 10.1. The second kappa shape index (κ2) is 3.81. The number of aromatic nitrogens is 1. The number of benzene rings is 1. The minimum absolute atomic E-state index is 0.192. The largest absolute Gasteiger partial charge is 0.481 e. The highest BCUT2D eigenvalue weighted by Gasteiger charge is 2.48. The summed E-state index contributed by atoms with van der Waals surface area (Å²) in [6.45, 7) is 0. The van der Waals surface area contributed by atoms with E-state index in [0.29, 0.717) is 23.1 Å². The van der Waals surface area contributed by atoms with Crippen LogP contribution in [0.2, 0.25) is 0 Å². The third-order valence-electron chi connectivity index (χ3n) is 3.52. The summed E-state index contributed by atoms with van der Waals surface area (Å²) in [5, 5.41) is 8.83. The maximum atomic E-state index is 12.1. The van der Waals surface area contributed by atoms with Crippen molar-refractivity contribution in [2.75, 3.05) is 0 Å². The summed E-state index contributed by atoms with van der Waals surface area (Å²) in [6, 6.07) is 4.69. The molecular formula is C13H11NO5. The number of carbonyl (C=O) groups excluding carboxylic acids is 1. The average molecular weight is 261 g/mol. The number of ketones is 1. The third kappa shape index (κ3) is 1.76. The highest BCUT2D eigenvalue weighted by atomic mass is 16.4. The Morgan fingerprint density at radius 1 is 1.37 bits per heavy atom. The SMILES string of the molecule is Cn1c(=O)oc2ccc(C(=O)C3CC3C(=O)O)cc21. The Labute approximate surface area is 107 Å². The first-order valence-electron chi connectivity index (χ1n) is 5.85. The fraction of sp³-hybridized carbons (Fsp3) is 0.308. The fourth-order valence-electron chi connectivity index (χ4n) is 2.25. The van der Waals surface area contributed by atoms with Gasteiger partial charge in [0.2, 0.25) is 0 Å². The normalized spacial score (nSPS) is 21.5. The zero-order valence-corrected chi connectivity index (χ0v) is 10.1. The van der Waals surface area contributed by atoms with E-state index in [-0.39, 0.29) is 5.78 Å². The topological polar surface area (TPSA) is 89.5 Å². The number of carbonyl (C=O) groups is 2. The Morgan fingerprint density at radius 3 is 2.74 bits per heavy atom. The van der Waals surface area contributed by atoms with E-state index < -0.39 is 23.6 Å². The molecule has 0 bridgehead atoms. The van der Waals surface area contributed by atoms with Gasteiger partial charge in [-0.05, 0) is 24.6 Å². The van der Waals surface area contributed by atoms with Gasteiger partial charge < -0.3 is 9.52 Å². The predicted molar refractivity (Wildman–Crippen MR) is 65.0 cm³/mol. The number of aryl methyl sites for hydroxylation is 1. The Balaban J connectivity index is 1.98. The Hall–Kier alpha value is -2.37. The van der Waals surface area contributed by atoms with Crippen molar-refractivity contribution in [1.29, 1.82) is 0 Å². The molecule has 6 heteroatoms. The minimum atomic E-state index is -0.935. The molecule has 0 spiro atoms. The molecule has 0 aliphatic heterocycles. The number of aliphatic carboxylic acids is 1. The van der Waals surface area contributed by atoms with E-state index in [1.807, 2.05) is 0 Å². The lowest BCUT2D eigenvalue weighted by Crippen LogP contribution is -2.10. The van der Waals surface area contributed by atoms with Gasteiger partial charge in [0.15, 0.2) is 11.4 Å². The van der Waals surface area contributed by atoms with Crippen LogP contribution >= 0.6 is 0 Å². The predicted octanol–water partition coefficient (Wildman–Crippen LogP) is 1.03. The van der Waals surface area contributed by atoms with Gasteiger partial charge in [0.25, 0.3) is 0 Å². The third-order valence-corrected chi connectivity index (χ3v) is 3.52. The standard InChI is InChI=1S/C13H11NO5/c1-14-9-4-6(2-3-10(9)19-13(14)18)11(15)7-5-8(7)12(16)17/h2-4,7-8H,5H2,1H3,(H,16,17). The number of hydrogen-bond donors (Lipinski definition) is 1. The molecule has 1 N–H and O–H groups in total. The number of oxazole rings is 1. The molecule has 0 saturated heterocycles. The van der Waals surface area contributed by atoms with E-state index in [1.165, 1.54) is 4.57 Å². The van der Waals surface area contributed by atoms with Crippen molar-refractivity contribution in [3.8, 4) is 0 Å². The first kappa shape index (κ1) is 11.7. The summed E-state index contributed by atoms with van der Waals surface area (Å²) in [6.07, 6.45) is 0.385. The lowest BCUT2D eigenvalue weighted by Gasteiger charge is -2.00. The molecule has 1 aliphatic carbocycles. The van der Waals surface area contributed by atoms with Gasteiger partial charge in [0.05, 0.1) is 11.4 Å². The molecule has 1 fully saturated rings. The first-order valence-corrected chi connectivity index (χ1v) is 5.85. The van der Waals surface area contributed by atoms with Crippen LogP contribution in [0.4, 0.5) is 0 Å². The van der Waals surface area contributed by atoms with E-state index in [0.717, 1.165) is 0 Å². The number of rotatable bonds is 3. The Morgan fingerprint density at radius 2 is 2.11 bits per heavy atom. The van der Waals surface area contributed by atoms with Crippen LogP contribution in [0.25, 0.3) is 11.1 Å². The lowest BCUT2D eigenvalue weighted by atomic mass is 10.1. The van der Waals surface area contributed by atoms with Crippen molar-refractivity contribution in [1.82, 2.24) is 4.57 Å². The van der Waals surface area contributed by atoms with Crippen LogP contribution in [-0.4, -0.2) is 21.4 Å². The Bertz CT molecular complexity index is 754. The van der Waals surface area contributed by atoms with Crippen LogP contribution in [0.1, 0.15) is 16.8 Å². The van der Waals surface area contributed by atoms with Crippen molar-refractivity contribution >= 4 is 22.9 Å². The number of carboxylic acid groups (broad SMARTS) is 1. The maximum Gasteiger partial charge on any atom is 0.419 e. The van der Waals surface area contributed by atoms with Crippen molar-refractivity contribution in [3.05, 3.63) is 34.3 Å². The average Bonchev–Trinajstić information content (AvgIpc) is 3.13. The van der Waals surface area contributed by atoms with Crippen molar-refractivity contribution in [3.63, 3.8) is 0 Å². The molecule has 1 aromatic heterocycles. The zero-order chi connectivity index (χ0) is 13.7. The van der Waals surface area contributed by atoms with Crippen LogP contribution in [-0.2, 0) is 11.8 Å². The number of fused-ring (bicyclic) bond motifs is 1. The lowest BCUT2D eigenvalue weighted by molar-refractivity contribution is -0.138. The summed E-state index contributed by atoms with van der Waals surface area (Å²) < 4.78 is 6.28. The van der Waals surface area contributed by atoms with E-state index >= 15 is 0 Å². The molecule has 1 aromatic carbocycles. The van der Waals surface area contributed by atoms with E-state index in [9.17, 15) is 14.4 Å². The molecule has 1 heterocycles. The highest BCUT2D eigenvalue weighted by molar-refractivity contribution is 6.04. The van der Waals surface area contributed by atoms with Gasteiger partial charge in [-0.1, -0.05) is 0 Å². The molecule has 2 unspecified atom stereocenters. The highest BCUT2D eigenvalue weighted by Crippen LogP contribution is 2.41. The van der Waals surface area contributed by atoms with Crippen LogP contribution in [0, 0.1) is 11.8 Å². The van der Waals surface area contributed by atoms with Crippen LogP contribution in [0.15, 0.2) is 27.4 Å². The first-order chi connectivity index (χ1) is 8.99. The number of nitrogens with zero attached hydrogens (tertiary/aromatic N) is 1. The van der Waals surface area contributed by atoms with Gasteiger partial charge in [0.1, 0.15) is 0 Å². The van der Waals surface area contributed by atoms with Gasteiger partial charge in [0, 0.05) is 18.5 Å². The van der Waals surface area contributed by atoms with E-state index in [1.54, 1.807) is 25.2 Å². The second-order valence-corrected chi connectivity index (χ2v) is 4.76. The van der Waals surface area contributed by atoms with Gasteiger partial charge in [-0.3, -0.25) is 14.2 Å². The molecular weight excluding hydrogens is 250 g/mol. The molecule has 19 heavy (non-hydrogen) atoms. The van der Waals surface area contributed by atoms with Crippen LogP contribution in [0.5, 0.6) is 0 Å². The molecule has 2 atom stereocenters. The summed E-state index contributed by atoms with van der Waals surface area (Å²) in [5.41, 5.74) is 1.36. The number of hydrogen-bond acceptors (Lipinski definition) is 4. The van der Waals surface area contributed by atoms with Gasteiger partial charge >= 0.3 is 11.7 Å². The van der Waals surface area contributed by atoms with Crippen molar-refractivity contribution in [2.24, 2.45) is 18.9 Å². The van der Waals surface area contributed by atoms with Crippen LogP contribution in [0.3, 0.4) is 0 Å². The molecule has 0 radical (unpaired) electrons. The molecule has 6 nitrogen and oxygen atoms in total. The fourth-order valence-corrected chi connectivity index (χ4v) is 2.25. The summed E-state index contributed by atoms with van der Waals surface area (Å²) in [5.74, 6) is -2.64. The second-order valence-electron chi connectivity index (χ2n) is 4.76. The van der Waals surface area contributed by atoms with Gasteiger partial charge in [-0.15, -0.1) is 0 Å². The number of Topliss-reactive ketones (excluding diaryl/α,β-unsaturated/α-hetero) is 1. The molecule has 1 saturated carbocycles. The molecule has 0 amide bonds. The van der Waals surface area contributed by atoms with E-state index in [4.69, 9.17) is 9.52 Å². The molecule has 3 rings (SSSR count).